The number of ether oxygens (including phenoxy) is 1. The van der Waals surface area contributed by atoms with Gasteiger partial charge in [-0.1, -0.05) is 18.2 Å². The third-order valence-corrected chi connectivity index (χ3v) is 4.44. The molecule has 20 heavy (non-hydrogen) atoms. The molecule has 0 spiro atoms. The second kappa shape index (κ2) is 6.22. The highest BCUT2D eigenvalue weighted by atomic mass is 32.2. The minimum absolute atomic E-state index is 0.132. The molecule has 2 rings (SSSR count). The SMILES string of the molecule is CS(=O)(=O)c1cccc(C(=O)OCC2CC=CCC2)c1. The van der Waals surface area contributed by atoms with Gasteiger partial charge in [-0.15, -0.1) is 0 Å². The molecule has 0 aliphatic heterocycles. The van der Waals surface area contributed by atoms with Crippen LogP contribution in [0.15, 0.2) is 41.3 Å². The second-order valence-electron chi connectivity index (χ2n) is 5.05. The van der Waals surface area contributed by atoms with Gasteiger partial charge in [-0.3, -0.25) is 0 Å². The monoisotopic (exact) mass is 294 g/mol. The number of hydrogen-bond donors (Lipinski definition) is 0. The van der Waals surface area contributed by atoms with Crippen molar-refractivity contribution in [2.45, 2.75) is 24.2 Å². The highest BCUT2D eigenvalue weighted by Crippen LogP contribution is 2.19. The Hall–Kier alpha value is -1.62. The molecule has 108 valence electrons. The van der Waals surface area contributed by atoms with Gasteiger partial charge in [0, 0.05) is 6.26 Å². The average molecular weight is 294 g/mol. The van der Waals surface area contributed by atoms with E-state index in [1.54, 1.807) is 12.1 Å². The molecule has 0 amide bonds. The van der Waals surface area contributed by atoms with E-state index in [2.05, 4.69) is 12.2 Å². The number of esters is 1. The topological polar surface area (TPSA) is 60.4 Å². The van der Waals surface area contributed by atoms with Gasteiger partial charge in [0.2, 0.25) is 0 Å². The van der Waals surface area contributed by atoms with Crippen molar-refractivity contribution >= 4 is 15.8 Å². The van der Waals surface area contributed by atoms with Crippen LogP contribution in [0, 0.1) is 5.92 Å². The van der Waals surface area contributed by atoms with Gasteiger partial charge in [0.1, 0.15) is 0 Å². The Bertz CT molecular complexity index is 617. The van der Waals surface area contributed by atoms with E-state index < -0.39 is 15.8 Å². The second-order valence-corrected chi connectivity index (χ2v) is 7.06. The zero-order valence-electron chi connectivity index (χ0n) is 11.4. The summed E-state index contributed by atoms with van der Waals surface area (Å²) in [5.74, 6) is -0.105. The van der Waals surface area contributed by atoms with Crippen molar-refractivity contribution in [3.05, 3.63) is 42.0 Å². The van der Waals surface area contributed by atoms with E-state index >= 15 is 0 Å². The predicted molar refractivity (Wildman–Crippen MR) is 76.3 cm³/mol. The first kappa shape index (κ1) is 14.8. The van der Waals surface area contributed by atoms with E-state index in [0.717, 1.165) is 25.5 Å². The third kappa shape index (κ3) is 3.93. The number of carbonyl (C=O) groups excluding carboxylic acids is 1. The first-order valence-corrected chi connectivity index (χ1v) is 8.48. The summed E-state index contributed by atoms with van der Waals surface area (Å²) in [6.45, 7) is 0.381. The molecule has 0 fully saturated rings. The normalized spacial score (nSPS) is 18.8. The lowest BCUT2D eigenvalue weighted by molar-refractivity contribution is 0.0432. The standard InChI is InChI=1S/C15H18O4S/c1-20(17,18)14-9-5-8-13(10-14)15(16)19-11-12-6-3-2-4-7-12/h2-3,5,8-10,12H,4,6-7,11H2,1H3. The van der Waals surface area contributed by atoms with Gasteiger partial charge < -0.3 is 4.74 Å². The molecule has 1 unspecified atom stereocenters. The van der Waals surface area contributed by atoms with Crippen LogP contribution in [-0.2, 0) is 14.6 Å². The highest BCUT2D eigenvalue weighted by molar-refractivity contribution is 7.90. The Morgan fingerprint density at radius 3 is 2.80 bits per heavy atom. The van der Waals surface area contributed by atoms with Gasteiger partial charge in [0.25, 0.3) is 0 Å². The number of allylic oxidation sites excluding steroid dienone is 2. The van der Waals surface area contributed by atoms with E-state index in [-0.39, 0.29) is 10.5 Å². The van der Waals surface area contributed by atoms with Crippen LogP contribution in [0.25, 0.3) is 0 Å². The smallest absolute Gasteiger partial charge is 0.338 e. The molecule has 1 aromatic carbocycles. The Labute approximate surface area is 119 Å². The van der Waals surface area contributed by atoms with E-state index in [1.807, 2.05) is 0 Å². The summed E-state index contributed by atoms with van der Waals surface area (Å²) in [7, 11) is -3.31. The van der Waals surface area contributed by atoms with Crippen LogP contribution >= 0.6 is 0 Å². The summed E-state index contributed by atoms with van der Waals surface area (Å²) in [4.78, 5) is 12.1. The summed E-state index contributed by atoms with van der Waals surface area (Å²) in [5.41, 5.74) is 0.277. The van der Waals surface area contributed by atoms with Crippen LogP contribution < -0.4 is 0 Å². The zero-order chi connectivity index (χ0) is 14.6. The van der Waals surface area contributed by atoms with Gasteiger partial charge in [-0.05, 0) is 43.4 Å². The quantitative estimate of drug-likeness (QED) is 0.632. The fourth-order valence-corrected chi connectivity index (χ4v) is 2.81. The average Bonchev–Trinajstić information content (AvgIpc) is 2.45. The maximum absolute atomic E-state index is 11.9. The third-order valence-electron chi connectivity index (χ3n) is 3.33. The first-order chi connectivity index (χ1) is 9.47. The molecule has 5 heteroatoms. The fourth-order valence-electron chi connectivity index (χ4n) is 2.14. The lowest BCUT2D eigenvalue weighted by atomic mass is 9.95. The predicted octanol–water partition coefficient (Wildman–Crippen LogP) is 2.60. The molecule has 0 heterocycles. The first-order valence-electron chi connectivity index (χ1n) is 6.59. The summed E-state index contributed by atoms with van der Waals surface area (Å²) < 4.78 is 28.2. The highest BCUT2D eigenvalue weighted by Gasteiger charge is 2.15. The largest absolute Gasteiger partial charge is 0.462 e. The molecule has 0 bridgehead atoms. The van der Waals surface area contributed by atoms with Crippen LogP contribution in [-0.4, -0.2) is 27.2 Å². The summed E-state index contributed by atoms with van der Waals surface area (Å²) in [6.07, 6.45) is 8.32. The Kier molecular flexibility index (Phi) is 4.60. The van der Waals surface area contributed by atoms with Gasteiger partial charge in [-0.2, -0.15) is 0 Å². The maximum atomic E-state index is 11.9. The summed E-state index contributed by atoms with van der Waals surface area (Å²) >= 11 is 0. The van der Waals surface area contributed by atoms with Crippen LogP contribution in [0.1, 0.15) is 29.6 Å². The van der Waals surface area contributed by atoms with Crippen LogP contribution in [0.5, 0.6) is 0 Å². The van der Waals surface area contributed by atoms with Crippen molar-refractivity contribution < 1.29 is 17.9 Å². The van der Waals surface area contributed by atoms with Crippen LogP contribution in [0.4, 0.5) is 0 Å². The molecule has 1 atom stereocenters. The van der Waals surface area contributed by atoms with Crippen LogP contribution in [0.2, 0.25) is 0 Å². The van der Waals surface area contributed by atoms with Crippen molar-refractivity contribution in [2.24, 2.45) is 5.92 Å². The van der Waals surface area contributed by atoms with Crippen molar-refractivity contribution in [3.8, 4) is 0 Å². The summed E-state index contributed by atoms with van der Waals surface area (Å²) in [5, 5.41) is 0. The zero-order valence-corrected chi connectivity index (χ0v) is 12.2. The molecule has 4 nitrogen and oxygen atoms in total. The van der Waals surface area contributed by atoms with Crippen LogP contribution in [0.3, 0.4) is 0 Å². The number of rotatable bonds is 4. The van der Waals surface area contributed by atoms with E-state index in [4.69, 9.17) is 4.74 Å². The fraction of sp³-hybridized carbons (Fsp3) is 0.400. The van der Waals surface area contributed by atoms with Gasteiger partial charge in [0.15, 0.2) is 9.84 Å². The van der Waals surface area contributed by atoms with Gasteiger partial charge in [0.05, 0.1) is 17.1 Å². The molecule has 0 saturated carbocycles. The summed E-state index contributed by atoms with van der Waals surface area (Å²) in [6, 6.07) is 5.95. The molecule has 1 aliphatic rings. The minimum atomic E-state index is -3.31. The number of benzene rings is 1. The van der Waals surface area contributed by atoms with Crippen molar-refractivity contribution in [1.29, 1.82) is 0 Å². The lowest BCUT2D eigenvalue weighted by Gasteiger charge is -2.17. The van der Waals surface area contributed by atoms with Crippen molar-refractivity contribution in [3.63, 3.8) is 0 Å². The van der Waals surface area contributed by atoms with Gasteiger partial charge >= 0.3 is 5.97 Å². The molecule has 0 N–H and O–H groups in total. The van der Waals surface area contributed by atoms with E-state index in [0.29, 0.717) is 12.5 Å². The number of carbonyl (C=O) groups is 1. The lowest BCUT2D eigenvalue weighted by Crippen LogP contribution is -2.15. The molecule has 1 aliphatic carbocycles. The Morgan fingerprint density at radius 2 is 2.15 bits per heavy atom. The van der Waals surface area contributed by atoms with Gasteiger partial charge in [-0.25, -0.2) is 13.2 Å². The molecule has 0 radical (unpaired) electrons. The minimum Gasteiger partial charge on any atom is -0.462 e. The number of sulfone groups is 1. The maximum Gasteiger partial charge on any atom is 0.338 e. The molecule has 1 aromatic rings. The number of hydrogen-bond acceptors (Lipinski definition) is 4. The van der Waals surface area contributed by atoms with E-state index in [9.17, 15) is 13.2 Å². The molecule has 0 aromatic heterocycles. The van der Waals surface area contributed by atoms with Crippen molar-refractivity contribution in [1.82, 2.24) is 0 Å². The molecule has 0 saturated heterocycles. The van der Waals surface area contributed by atoms with E-state index in [1.165, 1.54) is 12.1 Å². The molecular weight excluding hydrogens is 276 g/mol. The van der Waals surface area contributed by atoms with Crippen molar-refractivity contribution in [2.75, 3.05) is 12.9 Å². The Morgan fingerprint density at radius 1 is 1.35 bits per heavy atom. The molecular formula is C15H18O4S. The Balaban J connectivity index is 2.00.